The normalized spacial score (nSPS) is 19.8. The number of fused-ring (bicyclic) bond motifs is 1. The van der Waals surface area contributed by atoms with Gasteiger partial charge in [0.15, 0.2) is 0 Å². The molecule has 0 bridgehead atoms. The summed E-state index contributed by atoms with van der Waals surface area (Å²) in [4.78, 5) is 18.5. The summed E-state index contributed by atoms with van der Waals surface area (Å²) in [5, 5.41) is 10.8. The SMILES string of the molecule is N[C@H]1CC(F)(F)c2cc(F)c(-c3nnc(N4CCC(F)(F)C4)o3)cc2N(Cc2ccc(-n3cnc(C(F)(F)F)n3)cc2)C1=O. The molecule has 0 saturated carbocycles. The van der Waals surface area contributed by atoms with Gasteiger partial charge in [-0.05, 0) is 29.8 Å². The van der Waals surface area contributed by atoms with Gasteiger partial charge >= 0.3 is 12.2 Å². The number of nitrogens with two attached hydrogens (primary N) is 1. The molecule has 4 aromatic rings. The first-order valence-electron chi connectivity index (χ1n) is 12.9. The van der Waals surface area contributed by atoms with Crippen LogP contribution < -0.4 is 15.5 Å². The van der Waals surface area contributed by atoms with Crippen LogP contribution in [-0.4, -0.2) is 55.9 Å². The lowest BCUT2D eigenvalue weighted by Gasteiger charge is -2.25. The van der Waals surface area contributed by atoms with Crippen molar-refractivity contribution in [3.63, 3.8) is 0 Å². The Morgan fingerprint density at radius 1 is 1.07 bits per heavy atom. The third-order valence-corrected chi connectivity index (χ3v) is 7.20. The maximum atomic E-state index is 15.3. The fraction of sp³-hybridized carbons (Fsp3) is 0.346. The van der Waals surface area contributed by atoms with E-state index in [1.807, 2.05) is 0 Å². The standard InChI is InChI=1S/C26H20F8N8O2/c27-17-8-16-19(7-15(17)20-37-38-23(44-20)40-6-5-24(28,29)11-40)41(21(43)18(35)9-25(16,30)31)10-13-1-3-14(4-2-13)42-12-36-22(39-42)26(32,33)34/h1-4,7-8,12,18H,5-6,9-11,35H2/t18-/m0/s1. The minimum absolute atomic E-state index is 0.104. The van der Waals surface area contributed by atoms with Crippen LogP contribution in [0.3, 0.4) is 0 Å². The van der Waals surface area contributed by atoms with Gasteiger partial charge in [0, 0.05) is 24.9 Å². The summed E-state index contributed by atoms with van der Waals surface area (Å²) in [6, 6.07) is 5.06. The largest absolute Gasteiger partial charge is 0.453 e. The number of anilines is 2. The number of rotatable bonds is 5. The molecular formula is C26H20F8N8O2. The summed E-state index contributed by atoms with van der Waals surface area (Å²) in [7, 11) is 0. The highest BCUT2D eigenvalue weighted by Gasteiger charge is 2.45. The summed E-state index contributed by atoms with van der Waals surface area (Å²) in [5.74, 6) is -10.7. The molecule has 2 aromatic heterocycles. The van der Waals surface area contributed by atoms with E-state index >= 15 is 13.2 Å². The predicted molar refractivity (Wildman–Crippen MR) is 136 cm³/mol. The molecule has 0 unspecified atom stereocenters. The molecule has 2 N–H and O–H groups in total. The summed E-state index contributed by atoms with van der Waals surface area (Å²) >= 11 is 0. The van der Waals surface area contributed by atoms with Crippen molar-refractivity contribution in [3.8, 4) is 17.1 Å². The van der Waals surface area contributed by atoms with Crippen molar-refractivity contribution < 1.29 is 44.3 Å². The average Bonchev–Trinajstić information content (AvgIpc) is 3.70. The first kappa shape index (κ1) is 29.5. The lowest BCUT2D eigenvalue weighted by Crippen LogP contribution is -2.43. The quantitative estimate of drug-likeness (QED) is 0.317. The summed E-state index contributed by atoms with van der Waals surface area (Å²) in [5.41, 5.74) is 4.65. The van der Waals surface area contributed by atoms with E-state index in [9.17, 15) is 26.7 Å². The van der Waals surface area contributed by atoms with Crippen molar-refractivity contribution in [1.29, 1.82) is 0 Å². The highest BCUT2D eigenvalue weighted by molar-refractivity contribution is 5.99. The number of halogens is 8. The number of amides is 1. The highest BCUT2D eigenvalue weighted by atomic mass is 19.4. The monoisotopic (exact) mass is 628 g/mol. The zero-order valence-corrected chi connectivity index (χ0v) is 22.2. The molecule has 1 amide bonds. The summed E-state index contributed by atoms with van der Waals surface area (Å²) in [6.45, 7) is -1.15. The third kappa shape index (κ3) is 5.44. The molecule has 1 atom stereocenters. The molecule has 1 fully saturated rings. The molecule has 0 aliphatic carbocycles. The Kier molecular flexibility index (Phi) is 6.86. The van der Waals surface area contributed by atoms with Crippen molar-refractivity contribution in [2.45, 2.75) is 43.4 Å². The molecule has 0 radical (unpaired) electrons. The lowest BCUT2D eigenvalue weighted by atomic mass is 9.99. The van der Waals surface area contributed by atoms with E-state index in [2.05, 4.69) is 20.3 Å². The topological polar surface area (TPSA) is 119 Å². The second kappa shape index (κ2) is 10.2. The maximum Gasteiger partial charge on any atom is 0.453 e. The number of carbonyl (C=O) groups excluding carboxylic acids is 1. The lowest BCUT2D eigenvalue weighted by molar-refractivity contribution is -0.144. The van der Waals surface area contributed by atoms with Gasteiger partial charge in [0.2, 0.25) is 5.91 Å². The summed E-state index contributed by atoms with van der Waals surface area (Å²) in [6.07, 6.45) is -5.47. The first-order chi connectivity index (χ1) is 20.6. The van der Waals surface area contributed by atoms with Crippen LogP contribution in [0.2, 0.25) is 0 Å². The Labute approximate surface area is 242 Å². The number of hydrogen-bond acceptors (Lipinski definition) is 8. The minimum Gasteiger partial charge on any atom is -0.403 e. The molecule has 44 heavy (non-hydrogen) atoms. The van der Waals surface area contributed by atoms with E-state index in [1.54, 1.807) is 0 Å². The van der Waals surface area contributed by atoms with Crippen LogP contribution in [-0.2, 0) is 23.4 Å². The second-order valence-electron chi connectivity index (χ2n) is 10.4. The molecule has 2 aliphatic rings. The maximum absolute atomic E-state index is 15.3. The Morgan fingerprint density at radius 2 is 1.80 bits per heavy atom. The smallest absolute Gasteiger partial charge is 0.403 e. The van der Waals surface area contributed by atoms with E-state index in [0.29, 0.717) is 11.6 Å². The molecule has 2 aromatic carbocycles. The Morgan fingerprint density at radius 3 is 2.43 bits per heavy atom. The van der Waals surface area contributed by atoms with Gasteiger partial charge in [-0.15, -0.1) is 10.2 Å². The second-order valence-corrected chi connectivity index (χ2v) is 10.4. The van der Waals surface area contributed by atoms with Crippen LogP contribution in [0.1, 0.15) is 29.8 Å². The van der Waals surface area contributed by atoms with Crippen LogP contribution in [0.25, 0.3) is 17.1 Å². The molecule has 18 heteroatoms. The average molecular weight is 628 g/mol. The van der Waals surface area contributed by atoms with Crippen LogP contribution >= 0.6 is 0 Å². The van der Waals surface area contributed by atoms with Crippen LogP contribution in [0.5, 0.6) is 0 Å². The predicted octanol–water partition coefficient (Wildman–Crippen LogP) is 4.68. The van der Waals surface area contributed by atoms with Crippen molar-refractivity contribution >= 4 is 17.6 Å². The van der Waals surface area contributed by atoms with Crippen LogP contribution in [0.4, 0.5) is 46.8 Å². The van der Waals surface area contributed by atoms with Gasteiger partial charge < -0.3 is 20.0 Å². The van der Waals surface area contributed by atoms with Gasteiger partial charge in [0.1, 0.15) is 12.1 Å². The molecule has 1 saturated heterocycles. The molecular weight excluding hydrogens is 608 g/mol. The number of alkyl halides is 7. The Balaban J connectivity index is 1.34. The fourth-order valence-corrected chi connectivity index (χ4v) is 5.00. The van der Waals surface area contributed by atoms with Crippen molar-refractivity contribution in [3.05, 3.63) is 65.5 Å². The molecule has 4 heterocycles. The number of benzene rings is 2. The van der Waals surface area contributed by atoms with Gasteiger partial charge in [-0.1, -0.05) is 17.2 Å². The Hall–Kier alpha value is -4.61. The Bertz CT molecular complexity index is 1720. The van der Waals surface area contributed by atoms with Crippen molar-refractivity contribution in [2.75, 3.05) is 22.9 Å². The zero-order valence-electron chi connectivity index (χ0n) is 22.2. The van der Waals surface area contributed by atoms with Gasteiger partial charge in [-0.25, -0.2) is 31.6 Å². The summed E-state index contributed by atoms with van der Waals surface area (Å²) < 4.78 is 118. The van der Waals surface area contributed by atoms with Crippen molar-refractivity contribution in [2.24, 2.45) is 5.73 Å². The third-order valence-electron chi connectivity index (χ3n) is 7.20. The van der Waals surface area contributed by atoms with Crippen LogP contribution in [0, 0.1) is 5.82 Å². The molecule has 2 aliphatic heterocycles. The van der Waals surface area contributed by atoms with Crippen molar-refractivity contribution in [1.82, 2.24) is 25.0 Å². The van der Waals surface area contributed by atoms with E-state index in [1.165, 1.54) is 24.3 Å². The van der Waals surface area contributed by atoms with Gasteiger partial charge in [0.05, 0.1) is 36.1 Å². The van der Waals surface area contributed by atoms with E-state index in [-0.39, 0.29) is 24.8 Å². The van der Waals surface area contributed by atoms with E-state index in [0.717, 1.165) is 26.9 Å². The number of hydrogen-bond donors (Lipinski definition) is 1. The van der Waals surface area contributed by atoms with Gasteiger partial charge in [-0.2, -0.15) is 13.2 Å². The van der Waals surface area contributed by atoms with Crippen LogP contribution in [0.15, 0.2) is 47.1 Å². The zero-order chi connectivity index (χ0) is 31.6. The molecule has 232 valence electrons. The van der Waals surface area contributed by atoms with Gasteiger partial charge in [0.25, 0.3) is 23.6 Å². The number of nitrogens with zero attached hydrogens (tertiary/aromatic N) is 7. The fourth-order valence-electron chi connectivity index (χ4n) is 5.00. The molecule has 0 spiro atoms. The number of carbonyl (C=O) groups is 1. The molecule has 6 rings (SSSR count). The van der Waals surface area contributed by atoms with Gasteiger partial charge in [-0.3, -0.25) is 4.79 Å². The first-order valence-corrected chi connectivity index (χ1v) is 12.9. The molecule has 10 nitrogen and oxygen atoms in total. The van der Waals surface area contributed by atoms with E-state index in [4.69, 9.17) is 10.2 Å². The van der Waals surface area contributed by atoms with E-state index < -0.39 is 83.7 Å². The minimum atomic E-state index is -4.75. The highest BCUT2D eigenvalue weighted by Crippen LogP contribution is 2.45. The number of aromatic nitrogens is 5.